The van der Waals surface area contributed by atoms with Crippen molar-refractivity contribution in [2.24, 2.45) is 0 Å². The molecule has 1 N–H and O–H groups in total. The van der Waals surface area contributed by atoms with Crippen LogP contribution >= 0.6 is 0 Å². The fourth-order valence-corrected chi connectivity index (χ4v) is 3.95. The lowest BCUT2D eigenvalue weighted by Crippen LogP contribution is -2.37. The number of likely N-dealkylation sites (tertiary alicyclic amines) is 1. The molecule has 39 heavy (non-hydrogen) atoms. The van der Waals surface area contributed by atoms with Gasteiger partial charge in [-0.05, 0) is 64.7 Å². The first kappa shape index (κ1) is 29.8. The van der Waals surface area contributed by atoms with Gasteiger partial charge < -0.3 is 23.6 Å². The number of ether oxygens (including phenoxy) is 3. The van der Waals surface area contributed by atoms with Crippen molar-refractivity contribution in [3.63, 3.8) is 0 Å². The maximum atomic E-state index is 13.8. The molecule has 1 fully saturated rings. The number of alkyl carbamates (subject to hydrolysis) is 1. The second-order valence-electron chi connectivity index (χ2n) is 9.99. The van der Waals surface area contributed by atoms with Crippen molar-refractivity contribution >= 4 is 12.1 Å². The van der Waals surface area contributed by atoms with Crippen LogP contribution in [0.2, 0.25) is 0 Å². The number of halogens is 3. The minimum Gasteiger partial charge on any atom is -0.493 e. The highest BCUT2D eigenvalue weighted by molar-refractivity contribution is 5.69. The van der Waals surface area contributed by atoms with Gasteiger partial charge in [-0.15, -0.1) is 0 Å². The first-order valence-corrected chi connectivity index (χ1v) is 12.5. The molecule has 3 rings (SSSR count). The van der Waals surface area contributed by atoms with Crippen molar-refractivity contribution in [3.8, 4) is 17.1 Å². The number of benzene rings is 1. The molecule has 214 valence electrons. The van der Waals surface area contributed by atoms with E-state index >= 15 is 0 Å². The van der Waals surface area contributed by atoms with Crippen molar-refractivity contribution in [2.75, 3.05) is 19.8 Å². The Hall–Kier alpha value is -3.77. The number of nitrogens with one attached hydrogen (secondary N) is 1. The van der Waals surface area contributed by atoms with Crippen LogP contribution in [0.3, 0.4) is 0 Å². The van der Waals surface area contributed by atoms with Crippen molar-refractivity contribution in [2.45, 2.75) is 71.2 Å². The molecule has 1 aliphatic rings. The summed E-state index contributed by atoms with van der Waals surface area (Å²) >= 11 is 0. The molecule has 0 unspecified atom stereocenters. The number of carbonyl (C=O) groups is 2. The summed E-state index contributed by atoms with van der Waals surface area (Å²) in [5.74, 6) is -0.273. The molecule has 10 nitrogen and oxygen atoms in total. The van der Waals surface area contributed by atoms with Crippen LogP contribution in [0.25, 0.3) is 11.4 Å². The van der Waals surface area contributed by atoms with E-state index in [0.717, 1.165) is 12.5 Å². The number of carbonyl (C=O) groups excluding carboxylic acids is 2. The van der Waals surface area contributed by atoms with Gasteiger partial charge in [-0.3, -0.25) is 10.1 Å². The number of hydrogen-bond donors (Lipinski definition) is 1. The third kappa shape index (κ3) is 8.62. The SMILES string of the molecule is C=C(NC(=O)OC(C)(C)C)N1CCC[C@H]1c1nc(-c2ccc(OCCCCOC(C)=O)c(C(F)(F)F)c2)no1. The third-order valence-electron chi connectivity index (χ3n) is 5.62. The highest BCUT2D eigenvalue weighted by atomic mass is 19.4. The summed E-state index contributed by atoms with van der Waals surface area (Å²) in [5.41, 5.74) is -1.55. The van der Waals surface area contributed by atoms with E-state index in [1.807, 2.05) is 0 Å². The van der Waals surface area contributed by atoms with E-state index in [-0.39, 0.29) is 36.2 Å². The molecule has 1 aromatic heterocycles. The molecule has 0 radical (unpaired) electrons. The second kappa shape index (κ2) is 12.4. The van der Waals surface area contributed by atoms with Gasteiger partial charge in [0.1, 0.15) is 23.2 Å². The molecule has 1 aliphatic heterocycles. The Morgan fingerprint density at radius 1 is 1.21 bits per heavy atom. The minimum atomic E-state index is -4.68. The molecule has 1 aromatic carbocycles. The van der Waals surface area contributed by atoms with Crippen molar-refractivity contribution in [3.05, 3.63) is 42.1 Å². The quantitative estimate of drug-likeness (QED) is 0.295. The predicted molar refractivity (Wildman–Crippen MR) is 133 cm³/mol. The van der Waals surface area contributed by atoms with Crippen LogP contribution in [0, 0.1) is 0 Å². The second-order valence-corrected chi connectivity index (χ2v) is 9.99. The summed E-state index contributed by atoms with van der Waals surface area (Å²) in [5, 5.41) is 6.49. The number of unbranched alkanes of at least 4 members (excludes halogenated alkanes) is 1. The number of nitrogens with zero attached hydrogens (tertiary/aromatic N) is 3. The average molecular weight is 555 g/mol. The molecule has 2 aromatic rings. The van der Waals surface area contributed by atoms with Crippen LogP contribution in [0.5, 0.6) is 5.75 Å². The van der Waals surface area contributed by atoms with Gasteiger partial charge in [0.05, 0.1) is 18.8 Å². The van der Waals surface area contributed by atoms with Gasteiger partial charge in [-0.2, -0.15) is 18.2 Å². The highest BCUT2D eigenvalue weighted by Crippen LogP contribution is 2.39. The Balaban J connectivity index is 1.70. The van der Waals surface area contributed by atoms with Crippen molar-refractivity contribution in [1.29, 1.82) is 0 Å². The molecule has 0 aliphatic carbocycles. The van der Waals surface area contributed by atoms with Crippen molar-refractivity contribution < 1.29 is 41.5 Å². The summed E-state index contributed by atoms with van der Waals surface area (Å²) in [6.45, 7) is 11.2. The lowest BCUT2D eigenvalue weighted by molar-refractivity contribution is -0.141. The van der Waals surface area contributed by atoms with Gasteiger partial charge in [0.15, 0.2) is 0 Å². The molecular weight excluding hydrogens is 521 g/mol. The predicted octanol–water partition coefficient (Wildman–Crippen LogP) is 5.61. The topological polar surface area (TPSA) is 116 Å². The summed E-state index contributed by atoms with van der Waals surface area (Å²) in [4.78, 5) is 29.0. The van der Waals surface area contributed by atoms with Crippen LogP contribution in [-0.2, 0) is 20.4 Å². The van der Waals surface area contributed by atoms with Crippen LogP contribution in [0.4, 0.5) is 18.0 Å². The van der Waals surface area contributed by atoms with Crippen LogP contribution in [-0.4, -0.2) is 52.5 Å². The molecule has 1 saturated heterocycles. The number of alkyl halides is 3. The van der Waals surface area contributed by atoms with Crippen LogP contribution in [0.15, 0.2) is 35.1 Å². The first-order chi connectivity index (χ1) is 18.2. The normalized spacial score (nSPS) is 15.7. The highest BCUT2D eigenvalue weighted by Gasteiger charge is 2.36. The molecule has 0 bridgehead atoms. The minimum absolute atomic E-state index is 0.0130. The summed E-state index contributed by atoms with van der Waals surface area (Å²) in [6.07, 6.45) is -3.09. The van der Waals surface area contributed by atoms with E-state index in [1.165, 1.54) is 19.1 Å². The van der Waals surface area contributed by atoms with E-state index in [9.17, 15) is 22.8 Å². The molecule has 13 heteroatoms. The fourth-order valence-electron chi connectivity index (χ4n) is 3.95. The Labute approximate surface area is 224 Å². The van der Waals surface area contributed by atoms with Gasteiger partial charge in [-0.25, -0.2) is 4.79 Å². The fraction of sp³-hybridized carbons (Fsp3) is 0.538. The zero-order valence-electron chi connectivity index (χ0n) is 22.4. The van der Waals surface area contributed by atoms with Crippen LogP contribution < -0.4 is 10.1 Å². The molecule has 0 saturated carbocycles. The lowest BCUT2D eigenvalue weighted by atomic mass is 10.1. The molecule has 0 spiro atoms. The molecule has 1 amide bonds. The van der Waals surface area contributed by atoms with Crippen molar-refractivity contribution in [1.82, 2.24) is 20.4 Å². The number of aromatic nitrogens is 2. The van der Waals surface area contributed by atoms with Gasteiger partial charge in [-0.1, -0.05) is 11.7 Å². The Morgan fingerprint density at radius 3 is 2.59 bits per heavy atom. The summed E-state index contributed by atoms with van der Waals surface area (Å²) < 4.78 is 62.2. The average Bonchev–Trinajstić information content (AvgIpc) is 3.49. The molecule has 1 atom stereocenters. The van der Waals surface area contributed by atoms with E-state index in [4.69, 9.17) is 18.7 Å². The van der Waals surface area contributed by atoms with Gasteiger partial charge in [0, 0.05) is 19.0 Å². The smallest absolute Gasteiger partial charge is 0.419 e. The maximum absolute atomic E-state index is 13.8. The zero-order valence-corrected chi connectivity index (χ0v) is 22.4. The monoisotopic (exact) mass is 554 g/mol. The number of esters is 1. The van der Waals surface area contributed by atoms with E-state index in [0.29, 0.717) is 31.6 Å². The first-order valence-electron chi connectivity index (χ1n) is 12.5. The van der Waals surface area contributed by atoms with Gasteiger partial charge >= 0.3 is 18.2 Å². The number of amides is 1. The number of hydrogen-bond acceptors (Lipinski definition) is 9. The summed E-state index contributed by atoms with van der Waals surface area (Å²) in [6, 6.07) is 3.14. The standard InChI is InChI=1S/C26H33F3N4O6/c1-16(30-24(35)38-25(3,4)5)33-12-8-9-20(33)23-31-22(32-39-23)18-10-11-21(19(15-18)26(27,28)29)37-14-7-6-13-36-17(2)34/h10-11,15,20H,1,6-9,12-14H2,2-5H3,(H,30,35)/t20-/m0/s1. The number of rotatable bonds is 10. The van der Waals surface area contributed by atoms with Crippen LogP contribution in [0.1, 0.15) is 70.9 Å². The van der Waals surface area contributed by atoms with E-state index < -0.39 is 35.4 Å². The van der Waals surface area contributed by atoms with E-state index in [1.54, 1.807) is 25.7 Å². The molecular formula is C26H33F3N4O6. The maximum Gasteiger partial charge on any atom is 0.419 e. The largest absolute Gasteiger partial charge is 0.493 e. The zero-order chi connectivity index (χ0) is 28.8. The molecule has 2 heterocycles. The Kier molecular flexibility index (Phi) is 9.46. The van der Waals surface area contributed by atoms with Gasteiger partial charge in [0.25, 0.3) is 0 Å². The third-order valence-corrected chi connectivity index (χ3v) is 5.62. The Morgan fingerprint density at radius 2 is 1.92 bits per heavy atom. The van der Waals surface area contributed by atoms with E-state index in [2.05, 4.69) is 22.0 Å². The Bertz CT molecular complexity index is 1180. The van der Waals surface area contributed by atoms with Gasteiger partial charge in [0.2, 0.25) is 11.7 Å². The summed E-state index contributed by atoms with van der Waals surface area (Å²) in [7, 11) is 0. The lowest BCUT2D eigenvalue weighted by Gasteiger charge is -2.27.